The van der Waals surface area contributed by atoms with Crippen LogP contribution in [0.25, 0.3) is 10.2 Å². The van der Waals surface area contributed by atoms with Crippen molar-refractivity contribution < 1.29 is 17.6 Å². The SMILES string of the molecule is O=C(NCCN1CCN(c2nc3c(F)cccc3s2)CC1)c1ccc(NS(=O)(=O)c2ccccc2)cc1. The van der Waals surface area contributed by atoms with Gasteiger partial charge in [0.15, 0.2) is 5.13 Å². The van der Waals surface area contributed by atoms with Crippen LogP contribution in [0.4, 0.5) is 15.2 Å². The third-order valence-corrected chi connectivity index (χ3v) is 8.65. The van der Waals surface area contributed by atoms with Crippen molar-refractivity contribution in [2.75, 3.05) is 48.9 Å². The van der Waals surface area contributed by atoms with Gasteiger partial charge in [-0.1, -0.05) is 35.6 Å². The van der Waals surface area contributed by atoms with Crippen LogP contribution in [-0.4, -0.2) is 63.5 Å². The number of thiazole rings is 1. The molecule has 2 N–H and O–H groups in total. The van der Waals surface area contributed by atoms with Crippen molar-refractivity contribution in [3.63, 3.8) is 0 Å². The van der Waals surface area contributed by atoms with Crippen molar-refractivity contribution in [3.05, 3.63) is 84.2 Å². The van der Waals surface area contributed by atoms with Gasteiger partial charge in [0, 0.05) is 50.5 Å². The molecule has 0 saturated carbocycles. The lowest BCUT2D eigenvalue weighted by molar-refractivity contribution is 0.0948. The van der Waals surface area contributed by atoms with E-state index in [1.54, 1.807) is 48.5 Å². The van der Waals surface area contributed by atoms with E-state index in [1.165, 1.54) is 29.5 Å². The van der Waals surface area contributed by atoms with E-state index in [-0.39, 0.29) is 16.6 Å². The standard InChI is InChI=1S/C26H26FN5O3S2/c27-22-7-4-8-23-24(22)29-26(36-23)32-17-15-31(16-18-32)14-13-28-25(33)19-9-11-20(12-10-19)30-37(34,35)21-5-2-1-3-6-21/h1-12,30H,13-18H2,(H,28,33). The third-order valence-electron chi connectivity index (χ3n) is 6.17. The minimum atomic E-state index is -3.68. The van der Waals surface area contributed by atoms with Crippen molar-refractivity contribution in [2.24, 2.45) is 0 Å². The summed E-state index contributed by atoms with van der Waals surface area (Å²) in [5.41, 5.74) is 1.26. The van der Waals surface area contributed by atoms with Crippen LogP contribution in [0.2, 0.25) is 0 Å². The first-order valence-electron chi connectivity index (χ1n) is 11.9. The summed E-state index contributed by atoms with van der Waals surface area (Å²) in [5.74, 6) is -0.509. The number of carbonyl (C=O) groups is 1. The number of carbonyl (C=O) groups excluding carboxylic acids is 1. The summed E-state index contributed by atoms with van der Waals surface area (Å²) in [5, 5.41) is 3.76. The molecular formula is C26H26FN5O3S2. The Hall–Kier alpha value is -3.54. The largest absolute Gasteiger partial charge is 0.351 e. The van der Waals surface area contributed by atoms with E-state index in [9.17, 15) is 17.6 Å². The number of piperazine rings is 1. The molecular weight excluding hydrogens is 513 g/mol. The molecule has 3 aromatic carbocycles. The van der Waals surface area contributed by atoms with Gasteiger partial charge in [-0.05, 0) is 48.5 Å². The number of fused-ring (bicyclic) bond motifs is 1. The first-order valence-corrected chi connectivity index (χ1v) is 14.2. The minimum Gasteiger partial charge on any atom is -0.351 e. The minimum absolute atomic E-state index is 0.173. The Morgan fingerprint density at radius 2 is 1.68 bits per heavy atom. The van der Waals surface area contributed by atoms with E-state index in [2.05, 4.69) is 24.8 Å². The number of para-hydroxylation sites is 1. The van der Waals surface area contributed by atoms with Gasteiger partial charge in [-0.25, -0.2) is 17.8 Å². The molecule has 11 heteroatoms. The summed E-state index contributed by atoms with van der Waals surface area (Å²) in [4.78, 5) is 21.6. The lowest BCUT2D eigenvalue weighted by Crippen LogP contribution is -2.48. The van der Waals surface area contributed by atoms with Gasteiger partial charge in [0.1, 0.15) is 11.3 Å². The zero-order chi connectivity index (χ0) is 25.8. The molecule has 4 aromatic rings. The predicted octanol–water partition coefficient (Wildman–Crippen LogP) is 3.79. The molecule has 0 unspecified atom stereocenters. The lowest BCUT2D eigenvalue weighted by Gasteiger charge is -2.34. The summed E-state index contributed by atoms with van der Waals surface area (Å²) in [6.07, 6.45) is 0. The summed E-state index contributed by atoms with van der Waals surface area (Å²) in [6.45, 7) is 4.43. The third kappa shape index (κ3) is 5.90. The van der Waals surface area contributed by atoms with E-state index in [1.807, 2.05) is 6.07 Å². The van der Waals surface area contributed by atoms with E-state index in [4.69, 9.17) is 0 Å². The Morgan fingerprint density at radius 3 is 2.38 bits per heavy atom. The Balaban J connectivity index is 1.07. The summed E-state index contributed by atoms with van der Waals surface area (Å²) >= 11 is 1.50. The second kappa shape index (κ2) is 10.8. The predicted molar refractivity (Wildman–Crippen MR) is 144 cm³/mol. The highest BCUT2D eigenvalue weighted by molar-refractivity contribution is 7.92. The first-order chi connectivity index (χ1) is 17.9. The molecule has 192 valence electrons. The molecule has 1 saturated heterocycles. The van der Waals surface area contributed by atoms with Gasteiger partial charge in [0.25, 0.3) is 15.9 Å². The molecule has 0 atom stereocenters. The average Bonchev–Trinajstić information content (AvgIpc) is 3.36. The molecule has 5 rings (SSSR count). The van der Waals surface area contributed by atoms with Gasteiger partial charge >= 0.3 is 0 Å². The Morgan fingerprint density at radius 1 is 0.946 bits per heavy atom. The molecule has 0 bridgehead atoms. The van der Waals surface area contributed by atoms with Crippen LogP contribution in [0.15, 0.2) is 77.7 Å². The fourth-order valence-corrected chi connectivity index (χ4v) is 6.25. The maximum atomic E-state index is 14.0. The molecule has 0 spiro atoms. The number of amides is 1. The van der Waals surface area contributed by atoms with Crippen molar-refractivity contribution in [1.82, 2.24) is 15.2 Å². The van der Waals surface area contributed by atoms with E-state index in [0.717, 1.165) is 36.0 Å². The van der Waals surface area contributed by atoms with Gasteiger partial charge in [0.05, 0.1) is 9.60 Å². The zero-order valence-corrected chi connectivity index (χ0v) is 21.6. The molecule has 0 radical (unpaired) electrons. The highest BCUT2D eigenvalue weighted by Crippen LogP contribution is 2.30. The highest BCUT2D eigenvalue weighted by atomic mass is 32.2. The quantitative estimate of drug-likeness (QED) is 0.354. The number of aromatic nitrogens is 1. The van der Waals surface area contributed by atoms with Crippen LogP contribution in [0.1, 0.15) is 10.4 Å². The van der Waals surface area contributed by atoms with Crippen LogP contribution >= 0.6 is 11.3 Å². The van der Waals surface area contributed by atoms with E-state index in [0.29, 0.717) is 29.9 Å². The highest BCUT2D eigenvalue weighted by Gasteiger charge is 2.21. The number of rotatable bonds is 8. The zero-order valence-electron chi connectivity index (χ0n) is 19.9. The normalized spacial score (nSPS) is 14.6. The van der Waals surface area contributed by atoms with Crippen LogP contribution in [-0.2, 0) is 10.0 Å². The number of anilines is 2. The second-order valence-electron chi connectivity index (χ2n) is 8.66. The second-order valence-corrected chi connectivity index (χ2v) is 11.4. The molecule has 1 aliphatic heterocycles. The fourth-order valence-electron chi connectivity index (χ4n) is 4.13. The Labute approximate surface area is 218 Å². The number of nitrogens with one attached hydrogen (secondary N) is 2. The lowest BCUT2D eigenvalue weighted by atomic mass is 10.2. The molecule has 1 aromatic heterocycles. The van der Waals surface area contributed by atoms with E-state index >= 15 is 0 Å². The maximum absolute atomic E-state index is 14.0. The molecule has 0 aliphatic carbocycles. The number of halogens is 1. The Bertz CT molecular complexity index is 1490. The molecule has 2 heterocycles. The summed E-state index contributed by atoms with van der Waals surface area (Å²) < 4.78 is 42.2. The number of nitrogens with zero attached hydrogens (tertiary/aromatic N) is 3. The van der Waals surface area contributed by atoms with Crippen LogP contribution in [0, 0.1) is 5.82 Å². The topological polar surface area (TPSA) is 94.6 Å². The van der Waals surface area contributed by atoms with Crippen molar-refractivity contribution in [2.45, 2.75) is 4.90 Å². The van der Waals surface area contributed by atoms with Crippen molar-refractivity contribution in [3.8, 4) is 0 Å². The molecule has 1 aliphatic rings. The number of hydrogen-bond donors (Lipinski definition) is 2. The van der Waals surface area contributed by atoms with Gasteiger partial charge in [0.2, 0.25) is 0 Å². The maximum Gasteiger partial charge on any atom is 0.261 e. The molecule has 1 amide bonds. The fraction of sp³-hybridized carbons (Fsp3) is 0.231. The van der Waals surface area contributed by atoms with Crippen LogP contribution < -0.4 is 14.9 Å². The van der Waals surface area contributed by atoms with Gasteiger partial charge < -0.3 is 10.2 Å². The number of hydrogen-bond acceptors (Lipinski definition) is 7. The van der Waals surface area contributed by atoms with Crippen LogP contribution in [0.3, 0.4) is 0 Å². The molecule has 37 heavy (non-hydrogen) atoms. The Kier molecular flexibility index (Phi) is 7.36. The number of sulfonamides is 1. The first kappa shape index (κ1) is 25.1. The van der Waals surface area contributed by atoms with Crippen molar-refractivity contribution in [1.29, 1.82) is 0 Å². The van der Waals surface area contributed by atoms with Crippen LogP contribution in [0.5, 0.6) is 0 Å². The van der Waals surface area contributed by atoms with Gasteiger partial charge in [-0.2, -0.15) is 0 Å². The summed E-state index contributed by atoms with van der Waals surface area (Å²) in [6, 6.07) is 19.5. The van der Waals surface area contributed by atoms with Gasteiger partial charge in [-0.15, -0.1) is 0 Å². The molecule has 1 fully saturated rings. The summed E-state index contributed by atoms with van der Waals surface area (Å²) in [7, 11) is -3.68. The monoisotopic (exact) mass is 539 g/mol. The average molecular weight is 540 g/mol. The molecule has 8 nitrogen and oxygen atoms in total. The smallest absolute Gasteiger partial charge is 0.261 e. The van der Waals surface area contributed by atoms with E-state index < -0.39 is 10.0 Å². The number of benzene rings is 3. The van der Waals surface area contributed by atoms with Gasteiger partial charge in [-0.3, -0.25) is 14.4 Å². The van der Waals surface area contributed by atoms with Crippen molar-refractivity contribution >= 4 is 48.3 Å².